The van der Waals surface area contributed by atoms with Gasteiger partial charge in [0.1, 0.15) is 29.8 Å². The molecule has 2 fully saturated rings. The first kappa shape index (κ1) is 30.4. The topological polar surface area (TPSA) is 183 Å². The van der Waals surface area contributed by atoms with Crippen LogP contribution in [0.4, 0.5) is 22.8 Å². The molecule has 2 saturated heterocycles. The van der Waals surface area contributed by atoms with Crippen LogP contribution in [0.3, 0.4) is 0 Å². The fourth-order valence-electron chi connectivity index (χ4n) is 4.43. The van der Waals surface area contributed by atoms with Gasteiger partial charge in [0.25, 0.3) is 5.91 Å². The molecule has 3 heterocycles. The van der Waals surface area contributed by atoms with E-state index < -0.39 is 78.4 Å². The number of esters is 1. The molecule has 0 bridgehead atoms. The number of thioether (sulfide) groups is 1. The summed E-state index contributed by atoms with van der Waals surface area (Å²) in [6, 6.07) is 1.97. The predicted molar refractivity (Wildman–Crippen MR) is 134 cm³/mol. The number of benzene rings is 1. The van der Waals surface area contributed by atoms with Crippen molar-refractivity contribution in [3.8, 4) is 0 Å². The summed E-state index contributed by atoms with van der Waals surface area (Å²) < 4.78 is 43.3. The van der Waals surface area contributed by atoms with Crippen molar-refractivity contribution in [3.05, 3.63) is 47.2 Å². The quantitative estimate of drug-likeness (QED) is 0.290. The zero-order valence-corrected chi connectivity index (χ0v) is 22.4. The van der Waals surface area contributed by atoms with Gasteiger partial charge in [-0.15, -0.1) is 11.8 Å². The summed E-state index contributed by atoms with van der Waals surface area (Å²) in [4.78, 5) is 87.3. The summed E-state index contributed by atoms with van der Waals surface area (Å²) in [6.45, 7) is -0.484. The van der Waals surface area contributed by atoms with Crippen LogP contribution in [0.2, 0.25) is 0 Å². The number of halogens is 3. The number of β-lactam (4-membered cyclic amide) rings is 1. The van der Waals surface area contributed by atoms with Gasteiger partial charge in [0.15, 0.2) is 0 Å². The number of hydrogen-bond donors (Lipinski definition) is 3. The van der Waals surface area contributed by atoms with E-state index in [0.717, 1.165) is 23.6 Å². The molecule has 1 unspecified atom stereocenters. The van der Waals surface area contributed by atoms with Crippen LogP contribution in [-0.2, 0) is 28.7 Å². The third kappa shape index (κ3) is 5.88. The van der Waals surface area contributed by atoms with Crippen molar-refractivity contribution in [1.82, 2.24) is 25.3 Å². The molecule has 1 aromatic carbocycles. The molecule has 0 saturated carbocycles. The number of carboxylic acid groups (broad SMARTS) is 1. The van der Waals surface area contributed by atoms with Gasteiger partial charge in [0.2, 0.25) is 5.91 Å². The number of aliphatic carboxylic acids is 1. The maximum atomic E-state index is 13.4. The molecule has 18 heteroatoms. The highest BCUT2D eigenvalue weighted by Gasteiger charge is 2.55. The zero-order valence-electron chi connectivity index (χ0n) is 21.5. The minimum atomic E-state index is -5.34. The van der Waals surface area contributed by atoms with E-state index in [2.05, 4.69) is 10.6 Å². The first-order valence-corrected chi connectivity index (χ1v) is 13.2. The van der Waals surface area contributed by atoms with Gasteiger partial charge in [-0.1, -0.05) is 30.3 Å². The fourth-order valence-corrected chi connectivity index (χ4v) is 5.76. The number of amides is 7. The fraction of sp³-hybridized carbons (Fsp3) is 0.375. The molecule has 3 aliphatic rings. The Hall–Kier alpha value is -4.61. The van der Waals surface area contributed by atoms with E-state index in [9.17, 15) is 51.8 Å². The van der Waals surface area contributed by atoms with E-state index in [1.165, 1.54) is 24.3 Å². The molecular formula is C24H22F3N5O9S. The molecule has 4 rings (SSSR count). The lowest BCUT2D eigenvalue weighted by Crippen LogP contribution is -2.71. The third-order valence-electron chi connectivity index (χ3n) is 6.40. The maximum Gasteiger partial charge on any atom is 0.471 e. The molecule has 14 nitrogen and oxygen atoms in total. The number of ether oxygens (including phenoxy) is 1. The van der Waals surface area contributed by atoms with Gasteiger partial charge >= 0.3 is 36.1 Å². The SMILES string of the molecule is CC(=O)OCC1=C(C(=O)O)N2C(=O)C(NC(=O)[C@H](NC(=O)N3CCN(C(=O)C(F)(F)F)C3=O)c3ccccc3)[C@H]2SC1. The van der Waals surface area contributed by atoms with Gasteiger partial charge in [-0.25, -0.2) is 19.3 Å². The molecular weight excluding hydrogens is 591 g/mol. The van der Waals surface area contributed by atoms with Crippen LogP contribution in [0.1, 0.15) is 18.5 Å². The number of nitrogens with one attached hydrogen (secondary N) is 2. The van der Waals surface area contributed by atoms with Crippen LogP contribution in [0, 0.1) is 0 Å². The lowest BCUT2D eigenvalue weighted by atomic mass is 10.0. The van der Waals surface area contributed by atoms with Crippen molar-refractivity contribution in [3.63, 3.8) is 0 Å². The Balaban J connectivity index is 1.50. The molecule has 42 heavy (non-hydrogen) atoms. The molecule has 224 valence electrons. The second-order valence-corrected chi connectivity index (χ2v) is 10.2. The molecule has 0 aliphatic carbocycles. The summed E-state index contributed by atoms with van der Waals surface area (Å²) in [7, 11) is 0. The highest BCUT2D eigenvalue weighted by atomic mass is 32.2. The van der Waals surface area contributed by atoms with E-state index in [1.807, 2.05) is 0 Å². The largest absolute Gasteiger partial charge is 0.477 e. The Labute approximate surface area is 238 Å². The zero-order chi connectivity index (χ0) is 30.9. The standard InChI is InChI=1S/C24H22F3N5O9S/c1-11(33)41-9-13-10-42-19-15(18(35)32(19)16(13)20(36)37)28-17(34)14(12-5-3-2-4-6-12)29-22(39)31-8-7-30(23(31)40)21(38)24(25,26)27/h2-6,14-15,19H,7-10H2,1H3,(H,28,34)(H,29,39)(H,36,37)/t14-,15?,19-/m1/s1. The van der Waals surface area contributed by atoms with Crippen LogP contribution in [0.5, 0.6) is 0 Å². The van der Waals surface area contributed by atoms with Gasteiger partial charge in [-0.2, -0.15) is 13.2 Å². The minimum Gasteiger partial charge on any atom is -0.477 e. The average molecular weight is 614 g/mol. The number of imide groups is 2. The normalized spacial score (nSPS) is 20.9. The summed E-state index contributed by atoms with van der Waals surface area (Å²) in [6.07, 6.45) is -5.34. The van der Waals surface area contributed by atoms with Gasteiger partial charge in [0.05, 0.1) is 6.54 Å². The number of hydrogen-bond acceptors (Lipinski definition) is 9. The Morgan fingerprint density at radius 2 is 1.74 bits per heavy atom. The second kappa shape index (κ2) is 11.7. The number of carbonyl (C=O) groups excluding carboxylic acids is 6. The Morgan fingerprint density at radius 1 is 1.10 bits per heavy atom. The molecule has 3 aliphatic heterocycles. The van der Waals surface area contributed by atoms with Gasteiger partial charge in [-0.3, -0.25) is 29.0 Å². The van der Waals surface area contributed by atoms with Crippen molar-refractivity contribution in [2.24, 2.45) is 0 Å². The van der Waals surface area contributed by atoms with Gasteiger partial charge in [-0.05, 0) is 5.56 Å². The van der Waals surface area contributed by atoms with Crippen LogP contribution >= 0.6 is 11.8 Å². The minimum absolute atomic E-state index is 0.0683. The van der Waals surface area contributed by atoms with Crippen LogP contribution in [0.15, 0.2) is 41.6 Å². The van der Waals surface area contributed by atoms with E-state index >= 15 is 0 Å². The number of urea groups is 2. The molecule has 7 amide bonds. The molecule has 0 aromatic heterocycles. The number of rotatable bonds is 7. The molecule has 3 N–H and O–H groups in total. The van der Waals surface area contributed by atoms with Crippen LogP contribution in [0.25, 0.3) is 0 Å². The third-order valence-corrected chi connectivity index (χ3v) is 7.74. The van der Waals surface area contributed by atoms with E-state index in [1.54, 1.807) is 6.07 Å². The van der Waals surface area contributed by atoms with Crippen LogP contribution < -0.4 is 10.6 Å². The Morgan fingerprint density at radius 3 is 2.33 bits per heavy atom. The van der Waals surface area contributed by atoms with Gasteiger partial charge < -0.3 is 20.5 Å². The number of fused-ring (bicyclic) bond motifs is 1. The number of nitrogens with zero attached hydrogens (tertiary/aromatic N) is 3. The lowest BCUT2D eigenvalue weighted by molar-refractivity contribution is -0.181. The van der Waals surface area contributed by atoms with Crippen molar-refractivity contribution in [2.75, 3.05) is 25.4 Å². The lowest BCUT2D eigenvalue weighted by Gasteiger charge is -2.49. The van der Waals surface area contributed by atoms with Crippen LogP contribution in [-0.4, -0.2) is 105 Å². The molecule has 1 aromatic rings. The Kier molecular flexibility index (Phi) is 8.46. The summed E-state index contributed by atoms with van der Waals surface area (Å²) >= 11 is 1.10. The maximum absolute atomic E-state index is 13.4. The second-order valence-electron chi connectivity index (χ2n) is 9.12. The molecule has 0 spiro atoms. The molecule has 3 atom stereocenters. The average Bonchev–Trinajstić information content (AvgIpc) is 3.32. The monoisotopic (exact) mass is 613 g/mol. The number of carbonyl (C=O) groups is 7. The van der Waals surface area contributed by atoms with Crippen molar-refractivity contribution < 1.29 is 56.6 Å². The van der Waals surface area contributed by atoms with Crippen molar-refractivity contribution in [1.29, 1.82) is 0 Å². The number of alkyl halides is 3. The Bertz CT molecular complexity index is 1390. The van der Waals surface area contributed by atoms with E-state index in [4.69, 9.17) is 4.74 Å². The first-order valence-electron chi connectivity index (χ1n) is 12.1. The smallest absolute Gasteiger partial charge is 0.471 e. The van der Waals surface area contributed by atoms with E-state index in [0.29, 0.717) is 4.90 Å². The van der Waals surface area contributed by atoms with Crippen molar-refractivity contribution in [2.45, 2.75) is 30.6 Å². The summed E-state index contributed by atoms with van der Waals surface area (Å²) in [5, 5.41) is 13.6. The summed E-state index contributed by atoms with van der Waals surface area (Å²) in [5.41, 5.74) is -0.0123. The number of carboxylic acids is 1. The highest BCUT2D eigenvalue weighted by Crippen LogP contribution is 2.40. The molecule has 0 radical (unpaired) electrons. The van der Waals surface area contributed by atoms with Crippen molar-refractivity contribution >= 4 is 53.5 Å². The predicted octanol–water partition coefficient (Wildman–Crippen LogP) is 0.566. The summed E-state index contributed by atoms with van der Waals surface area (Å²) in [5.74, 6) is -6.18. The highest BCUT2D eigenvalue weighted by molar-refractivity contribution is 8.00. The van der Waals surface area contributed by atoms with E-state index in [-0.39, 0.29) is 34.1 Å². The van der Waals surface area contributed by atoms with Gasteiger partial charge in [0, 0.05) is 24.8 Å². The first-order chi connectivity index (χ1) is 19.7.